The first kappa shape index (κ1) is 17.2. The maximum Gasteiger partial charge on any atom is 0.137 e. The van der Waals surface area contributed by atoms with E-state index in [1.165, 1.54) is 5.52 Å². The Morgan fingerprint density at radius 2 is 2.15 bits per heavy atom. The molecule has 1 aliphatic rings. The Labute approximate surface area is 154 Å². The first-order chi connectivity index (χ1) is 12.6. The molecule has 0 radical (unpaired) electrons. The maximum atomic E-state index is 6.08. The zero-order chi connectivity index (χ0) is 18.1. The number of hydrogen-bond donors (Lipinski definition) is 1. The van der Waals surface area contributed by atoms with Gasteiger partial charge in [0.15, 0.2) is 0 Å². The lowest BCUT2D eigenvalue weighted by atomic mass is 9.93. The summed E-state index contributed by atoms with van der Waals surface area (Å²) in [5, 5.41) is 3.68. The Hall–Kier alpha value is -2.18. The first-order valence-electron chi connectivity index (χ1n) is 9.38. The largest absolute Gasteiger partial charge is 0.370 e. The second-order valence-corrected chi connectivity index (χ2v) is 7.24. The lowest BCUT2D eigenvalue weighted by molar-refractivity contribution is -0.0349. The summed E-state index contributed by atoms with van der Waals surface area (Å²) in [6.07, 6.45) is 6.15. The predicted molar refractivity (Wildman–Crippen MR) is 102 cm³/mol. The molecule has 3 heterocycles. The van der Waals surface area contributed by atoms with Crippen LogP contribution >= 0.6 is 0 Å². The van der Waals surface area contributed by atoms with Gasteiger partial charge in [0.1, 0.15) is 17.8 Å². The van der Waals surface area contributed by atoms with E-state index < -0.39 is 0 Å². The molecule has 3 aromatic rings. The Morgan fingerprint density at radius 3 is 2.92 bits per heavy atom. The molecule has 138 valence electrons. The Balaban J connectivity index is 1.48. The molecule has 2 aromatic heterocycles. The molecule has 1 unspecified atom stereocenters. The minimum absolute atomic E-state index is 0.0592. The van der Waals surface area contributed by atoms with E-state index in [-0.39, 0.29) is 12.1 Å². The van der Waals surface area contributed by atoms with Crippen LogP contribution in [0.2, 0.25) is 0 Å². The number of hydrogen-bond acceptors (Lipinski definition) is 4. The molecule has 1 fully saturated rings. The highest BCUT2D eigenvalue weighted by Crippen LogP contribution is 2.32. The predicted octanol–water partition coefficient (Wildman–Crippen LogP) is 3.13. The lowest BCUT2D eigenvalue weighted by Gasteiger charge is -2.32. The van der Waals surface area contributed by atoms with Gasteiger partial charge < -0.3 is 19.2 Å². The van der Waals surface area contributed by atoms with Crippen molar-refractivity contribution in [1.29, 1.82) is 0 Å². The van der Waals surface area contributed by atoms with Gasteiger partial charge in [-0.25, -0.2) is 9.97 Å². The topological polar surface area (TPSA) is 56.9 Å². The zero-order valence-corrected chi connectivity index (χ0v) is 15.7. The van der Waals surface area contributed by atoms with Gasteiger partial charge in [0.05, 0.1) is 17.1 Å². The molecule has 0 bridgehead atoms. The van der Waals surface area contributed by atoms with Crippen molar-refractivity contribution in [3.63, 3.8) is 0 Å². The van der Waals surface area contributed by atoms with Crippen molar-refractivity contribution < 1.29 is 4.74 Å². The summed E-state index contributed by atoms with van der Waals surface area (Å²) in [5.41, 5.74) is 2.22. The van der Waals surface area contributed by atoms with Crippen LogP contribution in [-0.4, -0.2) is 32.3 Å². The number of fused-ring (bicyclic) bond motifs is 1. The number of aryl methyl sites for hydroxylation is 2. The molecule has 0 saturated carbocycles. The zero-order valence-electron chi connectivity index (χ0n) is 15.7. The summed E-state index contributed by atoms with van der Waals surface area (Å²) < 4.78 is 10.3. The van der Waals surface area contributed by atoms with E-state index in [0.29, 0.717) is 5.92 Å². The molecule has 3 atom stereocenters. The van der Waals surface area contributed by atoms with Crippen LogP contribution in [0.3, 0.4) is 0 Å². The van der Waals surface area contributed by atoms with Crippen molar-refractivity contribution in [2.45, 2.75) is 31.9 Å². The van der Waals surface area contributed by atoms with E-state index in [0.717, 1.165) is 43.2 Å². The van der Waals surface area contributed by atoms with Crippen LogP contribution in [-0.2, 0) is 18.8 Å². The molecule has 0 amide bonds. The second-order valence-electron chi connectivity index (χ2n) is 7.24. The average molecular weight is 353 g/mol. The molecule has 6 heteroatoms. The van der Waals surface area contributed by atoms with E-state index >= 15 is 0 Å². The quantitative estimate of drug-likeness (QED) is 0.766. The average Bonchev–Trinajstić information content (AvgIpc) is 3.24. The van der Waals surface area contributed by atoms with Crippen LogP contribution in [0.1, 0.15) is 43.6 Å². The molecule has 6 nitrogen and oxygen atoms in total. The van der Waals surface area contributed by atoms with Gasteiger partial charge in [-0.1, -0.05) is 12.1 Å². The van der Waals surface area contributed by atoms with Gasteiger partial charge in [-0.2, -0.15) is 0 Å². The van der Waals surface area contributed by atoms with Crippen LogP contribution in [0, 0.1) is 5.92 Å². The molecule has 0 spiro atoms. The van der Waals surface area contributed by atoms with Gasteiger partial charge in [-0.15, -0.1) is 0 Å². The van der Waals surface area contributed by atoms with E-state index in [1.54, 1.807) is 0 Å². The van der Waals surface area contributed by atoms with Gasteiger partial charge in [-0.3, -0.25) is 0 Å². The molecular weight excluding hydrogens is 326 g/mol. The van der Waals surface area contributed by atoms with Crippen molar-refractivity contribution in [3.8, 4) is 0 Å². The molecule has 0 aliphatic carbocycles. The lowest BCUT2D eigenvalue weighted by Crippen LogP contribution is -2.34. The van der Waals surface area contributed by atoms with Gasteiger partial charge in [0.2, 0.25) is 0 Å². The van der Waals surface area contributed by atoms with Crippen LogP contribution in [0.5, 0.6) is 0 Å². The fourth-order valence-electron chi connectivity index (χ4n) is 3.96. The molecule has 1 N–H and O–H groups in total. The number of benzene rings is 1. The molecule has 1 aromatic carbocycles. The highest BCUT2D eigenvalue weighted by atomic mass is 16.5. The molecular formula is C20H27N5O. The Kier molecular flexibility index (Phi) is 4.78. The van der Waals surface area contributed by atoms with E-state index in [9.17, 15) is 0 Å². The van der Waals surface area contributed by atoms with Crippen molar-refractivity contribution in [3.05, 3.63) is 48.3 Å². The third kappa shape index (κ3) is 3.15. The molecule has 1 saturated heterocycles. The van der Waals surface area contributed by atoms with Crippen LogP contribution in [0.4, 0.5) is 0 Å². The molecule has 4 rings (SSSR count). The highest BCUT2D eigenvalue weighted by Gasteiger charge is 2.30. The van der Waals surface area contributed by atoms with Gasteiger partial charge in [0.25, 0.3) is 0 Å². The fourth-order valence-corrected chi connectivity index (χ4v) is 3.96. The minimum Gasteiger partial charge on any atom is -0.370 e. The molecule has 26 heavy (non-hydrogen) atoms. The van der Waals surface area contributed by atoms with Gasteiger partial charge in [0, 0.05) is 45.6 Å². The summed E-state index contributed by atoms with van der Waals surface area (Å²) >= 11 is 0. The monoisotopic (exact) mass is 353 g/mol. The van der Waals surface area contributed by atoms with Crippen LogP contribution in [0.25, 0.3) is 11.0 Å². The summed E-state index contributed by atoms with van der Waals surface area (Å²) in [5.74, 6) is 2.50. The number of para-hydroxylation sites is 2. The maximum absolute atomic E-state index is 6.08. The Bertz CT molecular complexity index is 883. The number of nitrogens with one attached hydrogen (secondary N) is 1. The number of nitrogens with zero attached hydrogens (tertiary/aromatic N) is 4. The smallest absolute Gasteiger partial charge is 0.137 e. The second kappa shape index (κ2) is 7.21. The first-order valence-corrected chi connectivity index (χ1v) is 9.38. The number of aromatic nitrogens is 4. The standard InChI is InChI=1S/C20H27N5O/c1-14(19-23-16-8-4-5-9-17(16)25(19)3)22-13-15-7-6-12-26-18(15)20-21-10-11-24(20)2/h4-5,8-11,14-15,18,22H,6-7,12-13H2,1-3H3/t14?,15-,18+/m0/s1. The Morgan fingerprint density at radius 1 is 1.31 bits per heavy atom. The van der Waals surface area contributed by atoms with Crippen molar-refractivity contribution in [2.75, 3.05) is 13.2 Å². The minimum atomic E-state index is 0.0592. The van der Waals surface area contributed by atoms with Crippen molar-refractivity contribution >= 4 is 11.0 Å². The number of rotatable bonds is 5. The molecule has 1 aliphatic heterocycles. The highest BCUT2D eigenvalue weighted by molar-refractivity contribution is 5.75. The number of imidazole rings is 2. The summed E-state index contributed by atoms with van der Waals surface area (Å²) in [4.78, 5) is 9.32. The van der Waals surface area contributed by atoms with Crippen molar-refractivity contribution in [2.24, 2.45) is 20.0 Å². The third-order valence-electron chi connectivity index (χ3n) is 5.45. The van der Waals surface area contributed by atoms with E-state index in [4.69, 9.17) is 9.72 Å². The van der Waals surface area contributed by atoms with E-state index in [1.807, 2.05) is 25.5 Å². The third-order valence-corrected chi connectivity index (χ3v) is 5.45. The normalized spacial score (nSPS) is 22.0. The van der Waals surface area contributed by atoms with E-state index in [2.05, 4.69) is 51.6 Å². The fraction of sp³-hybridized carbons (Fsp3) is 0.500. The van der Waals surface area contributed by atoms with Gasteiger partial charge >= 0.3 is 0 Å². The summed E-state index contributed by atoms with van der Waals surface area (Å²) in [6.45, 7) is 3.89. The number of ether oxygens (including phenoxy) is 1. The SMILES string of the molecule is CC(NC[C@@H]1CCCO[C@H]1c1nccn1C)c1nc2ccccc2n1C. The van der Waals surface area contributed by atoms with Crippen molar-refractivity contribution in [1.82, 2.24) is 24.4 Å². The van der Waals surface area contributed by atoms with Gasteiger partial charge in [-0.05, 0) is 31.9 Å². The van der Waals surface area contributed by atoms with Crippen LogP contribution in [0.15, 0.2) is 36.7 Å². The summed E-state index contributed by atoms with van der Waals surface area (Å²) in [6, 6.07) is 8.45. The summed E-state index contributed by atoms with van der Waals surface area (Å²) in [7, 11) is 4.12. The van der Waals surface area contributed by atoms with Crippen LogP contribution < -0.4 is 5.32 Å².